The molecule has 1 aliphatic rings. The summed E-state index contributed by atoms with van der Waals surface area (Å²) in [6.45, 7) is 2.02. The highest BCUT2D eigenvalue weighted by atomic mass is 19.1. The van der Waals surface area contributed by atoms with Crippen LogP contribution in [0.15, 0.2) is 61.2 Å². The summed E-state index contributed by atoms with van der Waals surface area (Å²) in [5.41, 5.74) is 1.70. The number of carbonyl (C=O) groups is 1. The molecule has 0 saturated carbocycles. The van der Waals surface area contributed by atoms with Gasteiger partial charge in [0.1, 0.15) is 11.6 Å². The molecule has 1 aromatic carbocycles. The first-order valence-corrected chi connectivity index (χ1v) is 9.40. The second-order valence-corrected chi connectivity index (χ2v) is 7.00. The van der Waals surface area contributed by atoms with Crippen LogP contribution in [0.2, 0.25) is 0 Å². The topological polar surface area (TPSA) is 63.1 Å². The van der Waals surface area contributed by atoms with E-state index in [9.17, 15) is 9.18 Å². The quantitative estimate of drug-likeness (QED) is 0.748. The van der Waals surface area contributed by atoms with Gasteiger partial charge in [-0.25, -0.2) is 14.2 Å². The Bertz CT molecular complexity index is 925. The van der Waals surface area contributed by atoms with Crippen molar-refractivity contribution in [2.75, 3.05) is 18.4 Å². The van der Waals surface area contributed by atoms with Gasteiger partial charge in [-0.1, -0.05) is 6.07 Å². The lowest BCUT2D eigenvalue weighted by atomic mass is 9.97. The first kappa shape index (κ1) is 18.2. The second kappa shape index (κ2) is 8.21. The second-order valence-electron chi connectivity index (χ2n) is 7.00. The van der Waals surface area contributed by atoms with Gasteiger partial charge in [-0.15, -0.1) is 0 Å². The van der Waals surface area contributed by atoms with Crippen molar-refractivity contribution in [3.05, 3.63) is 78.4 Å². The van der Waals surface area contributed by atoms with Gasteiger partial charge in [-0.05, 0) is 48.7 Å². The normalized spacial score (nSPS) is 16.8. The summed E-state index contributed by atoms with van der Waals surface area (Å²) in [4.78, 5) is 23.2. The molecule has 3 heterocycles. The number of halogens is 1. The average Bonchev–Trinajstić information content (AvgIpc) is 3.19. The number of amides is 2. The summed E-state index contributed by atoms with van der Waals surface area (Å²) in [6, 6.07) is 9.61. The fourth-order valence-electron chi connectivity index (χ4n) is 3.61. The van der Waals surface area contributed by atoms with E-state index in [1.54, 1.807) is 23.2 Å². The van der Waals surface area contributed by atoms with Crippen LogP contribution in [0.3, 0.4) is 0 Å². The molecule has 4 rings (SSSR count). The summed E-state index contributed by atoms with van der Waals surface area (Å²) in [5.74, 6) is 0.846. The van der Waals surface area contributed by atoms with Gasteiger partial charge >= 0.3 is 6.03 Å². The molecule has 7 heteroatoms. The van der Waals surface area contributed by atoms with Gasteiger partial charge in [0.05, 0.1) is 6.54 Å². The van der Waals surface area contributed by atoms with E-state index in [0.717, 1.165) is 24.2 Å². The third-order valence-electron chi connectivity index (χ3n) is 4.99. The summed E-state index contributed by atoms with van der Waals surface area (Å²) in [6.07, 6.45) is 9.30. The SMILES string of the molecule is O=C(Nc1ccc(F)cc1)N1CCC[C@H](c2nccn2Cc2cccnc2)C1. The highest BCUT2D eigenvalue weighted by molar-refractivity contribution is 5.89. The van der Waals surface area contributed by atoms with Crippen molar-refractivity contribution >= 4 is 11.7 Å². The van der Waals surface area contributed by atoms with Gasteiger partial charge in [0.25, 0.3) is 0 Å². The van der Waals surface area contributed by atoms with E-state index in [4.69, 9.17) is 0 Å². The van der Waals surface area contributed by atoms with Crippen LogP contribution < -0.4 is 5.32 Å². The van der Waals surface area contributed by atoms with Gasteiger partial charge in [-0.2, -0.15) is 0 Å². The highest BCUT2D eigenvalue weighted by Gasteiger charge is 2.27. The van der Waals surface area contributed by atoms with Crippen molar-refractivity contribution in [1.29, 1.82) is 0 Å². The predicted octanol–water partition coefficient (Wildman–Crippen LogP) is 3.88. The van der Waals surface area contributed by atoms with Gasteiger partial charge in [0, 0.05) is 49.5 Å². The van der Waals surface area contributed by atoms with Gasteiger partial charge in [0.2, 0.25) is 0 Å². The number of carbonyl (C=O) groups excluding carboxylic acids is 1. The van der Waals surface area contributed by atoms with Crippen molar-refractivity contribution in [1.82, 2.24) is 19.4 Å². The summed E-state index contributed by atoms with van der Waals surface area (Å²) in [5, 5.41) is 2.84. The molecule has 1 aliphatic heterocycles. The van der Waals surface area contributed by atoms with Crippen molar-refractivity contribution in [2.45, 2.75) is 25.3 Å². The number of imidazole rings is 1. The largest absolute Gasteiger partial charge is 0.330 e. The zero-order valence-corrected chi connectivity index (χ0v) is 15.5. The molecular formula is C21H22FN5O. The molecule has 0 radical (unpaired) electrons. The van der Waals surface area contributed by atoms with Crippen LogP contribution in [0.4, 0.5) is 14.9 Å². The van der Waals surface area contributed by atoms with Crippen molar-refractivity contribution < 1.29 is 9.18 Å². The number of pyridine rings is 1. The summed E-state index contributed by atoms with van der Waals surface area (Å²) < 4.78 is 15.2. The van der Waals surface area contributed by atoms with E-state index in [0.29, 0.717) is 25.3 Å². The smallest absolute Gasteiger partial charge is 0.321 e. The molecule has 1 atom stereocenters. The molecular weight excluding hydrogens is 357 g/mol. The van der Waals surface area contributed by atoms with Gasteiger partial charge in [-0.3, -0.25) is 4.98 Å². The molecule has 3 aromatic rings. The molecule has 2 amide bonds. The van der Waals surface area contributed by atoms with Crippen LogP contribution in [0.5, 0.6) is 0 Å². The summed E-state index contributed by atoms with van der Waals surface area (Å²) >= 11 is 0. The number of rotatable bonds is 4. The van der Waals surface area contributed by atoms with E-state index in [1.807, 2.05) is 30.7 Å². The monoisotopic (exact) mass is 379 g/mol. The lowest BCUT2D eigenvalue weighted by molar-refractivity contribution is 0.190. The minimum Gasteiger partial charge on any atom is -0.330 e. The zero-order chi connectivity index (χ0) is 19.3. The predicted molar refractivity (Wildman–Crippen MR) is 105 cm³/mol. The Hall–Kier alpha value is -3.22. The van der Waals surface area contributed by atoms with Crippen LogP contribution in [0, 0.1) is 5.82 Å². The fourth-order valence-corrected chi connectivity index (χ4v) is 3.61. The summed E-state index contributed by atoms with van der Waals surface area (Å²) in [7, 11) is 0. The lowest BCUT2D eigenvalue weighted by Gasteiger charge is -2.32. The van der Waals surface area contributed by atoms with E-state index < -0.39 is 0 Å². The maximum absolute atomic E-state index is 13.0. The number of urea groups is 1. The average molecular weight is 379 g/mol. The highest BCUT2D eigenvalue weighted by Crippen LogP contribution is 2.27. The van der Waals surface area contributed by atoms with Crippen molar-refractivity contribution in [2.24, 2.45) is 0 Å². The number of anilines is 1. The van der Waals surface area contributed by atoms with Crippen molar-refractivity contribution in [3.8, 4) is 0 Å². The third kappa shape index (κ3) is 4.19. The molecule has 0 unspecified atom stereocenters. The number of likely N-dealkylation sites (tertiary alicyclic amines) is 1. The Morgan fingerprint density at radius 2 is 2.07 bits per heavy atom. The van der Waals surface area contributed by atoms with Crippen LogP contribution in [-0.2, 0) is 6.54 Å². The minimum atomic E-state index is -0.323. The molecule has 1 N–H and O–H groups in total. The molecule has 28 heavy (non-hydrogen) atoms. The zero-order valence-electron chi connectivity index (χ0n) is 15.5. The van der Waals surface area contributed by atoms with Gasteiger partial charge in [0.15, 0.2) is 0 Å². The number of piperidine rings is 1. The van der Waals surface area contributed by atoms with E-state index in [1.165, 1.54) is 12.1 Å². The van der Waals surface area contributed by atoms with E-state index in [2.05, 4.69) is 19.9 Å². The van der Waals surface area contributed by atoms with E-state index in [-0.39, 0.29) is 17.8 Å². The minimum absolute atomic E-state index is 0.165. The number of nitrogens with zero attached hydrogens (tertiary/aromatic N) is 4. The number of aromatic nitrogens is 3. The molecule has 0 bridgehead atoms. The molecule has 1 fully saturated rings. The molecule has 0 aliphatic carbocycles. The van der Waals surface area contributed by atoms with Crippen LogP contribution in [-0.4, -0.2) is 38.6 Å². The number of nitrogens with one attached hydrogen (secondary N) is 1. The number of hydrogen-bond donors (Lipinski definition) is 1. The third-order valence-corrected chi connectivity index (χ3v) is 4.99. The molecule has 0 spiro atoms. The Balaban J connectivity index is 1.43. The molecule has 1 saturated heterocycles. The first-order valence-electron chi connectivity index (χ1n) is 9.40. The lowest BCUT2D eigenvalue weighted by Crippen LogP contribution is -2.42. The number of hydrogen-bond acceptors (Lipinski definition) is 3. The fraction of sp³-hybridized carbons (Fsp3) is 0.286. The van der Waals surface area contributed by atoms with Gasteiger partial charge < -0.3 is 14.8 Å². The van der Waals surface area contributed by atoms with Crippen LogP contribution in [0.25, 0.3) is 0 Å². The molecule has 2 aromatic heterocycles. The Labute approximate surface area is 163 Å². The maximum atomic E-state index is 13.0. The maximum Gasteiger partial charge on any atom is 0.321 e. The Kier molecular flexibility index (Phi) is 5.32. The Morgan fingerprint density at radius 1 is 1.21 bits per heavy atom. The molecule has 144 valence electrons. The Morgan fingerprint density at radius 3 is 2.86 bits per heavy atom. The van der Waals surface area contributed by atoms with Crippen LogP contribution >= 0.6 is 0 Å². The van der Waals surface area contributed by atoms with E-state index >= 15 is 0 Å². The first-order chi connectivity index (χ1) is 13.7. The van der Waals surface area contributed by atoms with Crippen molar-refractivity contribution in [3.63, 3.8) is 0 Å². The standard InChI is InChI=1S/C21H22FN5O/c22-18-5-7-19(8-6-18)25-21(28)27-11-2-4-17(15-27)20-24-10-12-26(20)14-16-3-1-9-23-13-16/h1,3,5-10,12-13,17H,2,4,11,14-15H2,(H,25,28)/t17-/m0/s1. The van der Waals surface area contributed by atoms with Crippen LogP contribution in [0.1, 0.15) is 30.1 Å². The number of benzene rings is 1. The molecule has 6 nitrogen and oxygen atoms in total.